The predicted octanol–water partition coefficient (Wildman–Crippen LogP) is 2.56. The fourth-order valence-corrected chi connectivity index (χ4v) is 3.88. The lowest BCUT2D eigenvalue weighted by molar-refractivity contribution is -0.113. The van der Waals surface area contributed by atoms with Gasteiger partial charge in [-0.25, -0.2) is 4.68 Å². The van der Waals surface area contributed by atoms with Gasteiger partial charge in [-0.1, -0.05) is 29.4 Å². The second-order valence-corrected chi connectivity index (χ2v) is 7.71. The number of aromatic nitrogens is 5. The van der Waals surface area contributed by atoms with Crippen LogP contribution in [-0.2, 0) is 17.6 Å². The number of benzene rings is 1. The molecular formula is C17H18ClN7OS. The van der Waals surface area contributed by atoms with Crippen molar-refractivity contribution in [2.24, 2.45) is 0 Å². The van der Waals surface area contributed by atoms with Crippen molar-refractivity contribution in [3.8, 4) is 11.5 Å². The van der Waals surface area contributed by atoms with Crippen LogP contribution < -0.4 is 11.2 Å². The second kappa shape index (κ2) is 7.24. The number of halogens is 1. The molecular weight excluding hydrogens is 386 g/mol. The molecule has 27 heavy (non-hydrogen) atoms. The lowest BCUT2D eigenvalue weighted by Gasteiger charge is -2.07. The van der Waals surface area contributed by atoms with E-state index >= 15 is 0 Å². The number of hydrogen-bond acceptors (Lipinski definition) is 6. The van der Waals surface area contributed by atoms with Gasteiger partial charge in [-0.3, -0.25) is 9.89 Å². The van der Waals surface area contributed by atoms with Crippen molar-refractivity contribution in [2.45, 2.75) is 31.3 Å². The third-order valence-corrected chi connectivity index (χ3v) is 5.82. The highest BCUT2D eigenvalue weighted by atomic mass is 35.5. The minimum absolute atomic E-state index is 0.152. The molecule has 0 bridgehead atoms. The summed E-state index contributed by atoms with van der Waals surface area (Å²) in [6.45, 7) is 1.91. The molecule has 4 rings (SSSR count). The van der Waals surface area contributed by atoms with Crippen LogP contribution in [0.4, 0.5) is 5.69 Å². The van der Waals surface area contributed by atoms with Gasteiger partial charge in [0.05, 0.1) is 5.75 Å². The molecule has 0 spiro atoms. The van der Waals surface area contributed by atoms with E-state index in [-0.39, 0.29) is 11.7 Å². The molecule has 0 radical (unpaired) electrons. The number of rotatable bonds is 5. The third-order valence-electron chi connectivity index (χ3n) is 4.47. The predicted molar refractivity (Wildman–Crippen MR) is 105 cm³/mol. The van der Waals surface area contributed by atoms with Gasteiger partial charge in [0.2, 0.25) is 16.9 Å². The molecule has 0 fully saturated rings. The van der Waals surface area contributed by atoms with E-state index in [2.05, 4.69) is 25.7 Å². The highest BCUT2D eigenvalue weighted by Crippen LogP contribution is 2.30. The smallest absolute Gasteiger partial charge is 0.234 e. The van der Waals surface area contributed by atoms with Crippen LogP contribution in [0.3, 0.4) is 0 Å². The van der Waals surface area contributed by atoms with Crippen molar-refractivity contribution in [3.63, 3.8) is 0 Å². The maximum absolute atomic E-state index is 12.2. The summed E-state index contributed by atoms with van der Waals surface area (Å²) in [6, 6.07) is 5.39. The Morgan fingerprint density at radius 2 is 2.26 bits per heavy atom. The first-order chi connectivity index (χ1) is 13.0. The molecule has 0 atom stereocenters. The van der Waals surface area contributed by atoms with Crippen LogP contribution in [0.5, 0.6) is 0 Å². The Balaban J connectivity index is 1.42. The summed E-state index contributed by atoms with van der Waals surface area (Å²) in [5, 5.41) is 19.5. The Morgan fingerprint density at radius 1 is 1.41 bits per heavy atom. The van der Waals surface area contributed by atoms with Gasteiger partial charge in [-0.2, -0.15) is 5.10 Å². The number of aryl methyl sites for hydroxylation is 2. The number of fused-ring (bicyclic) bond motifs is 1. The van der Waals surface area contributed by atoms with Crippen LogP contribution >= 0.6 is 23.4 Å². The summed E-state index contributed by atoms with van der Waals surface area (Å²) in [6.07, 6.45) is 3.05. The summed E-state index contributed by atoms with van der Waals surface area (Å²) in [4.78, 5) is 12.2. The minimum Gasteiger partial charge on any atom is -0.335 e. The number of carbonyl (C=O) groups is 1. The molecule has 8 nitrogen and oxygen atoms in total. The monoisotopic (exact) mass is 403 g/mol. The fraction of sp³-hybridized carbons (Fsp3) is 0.294. The Morgan fingerprint density at radius 3 is 3.07 bits per heavy atom. The van der Waals surface area contributed by atoms with E-state index in [0.717, 1.165) is 41.8 Å². The number of nitrogens with two attached hydrogens (primary N) is 1. The second-order valence-electron chi connectivity index (χ2n) is 6.36. The zero-order chi connectivity index (χ0) is 19.0. The van der Waals surface area contributed by atoms with Gasteiger partial charge in [0, 0.05) is 22.0 Å². The first kappa shape index (κ1) is 17.9. The number of thioether (sulfide) groups is 1. The number of nitrogens with zero attached hydrogens (tertiary/aromatic N) is 4. The van der Waals surface area contributed by atoms with Crippen LogP contribution in [0.15, 0.2) is 23.4 Å². The van der Waals surface area contributed by atoms with E-state index in [1.54, 1.807) is 6.07 Å². The van der Waals surface area contributed by atoms with Gasteiger partial charge >= 0.3 is 0 Å². The molecule has 1 aromatic carbocycles. The largest absolute Gasteiger partial charge is 0.335 e. The van der Waals surface area contributed by atoms with Crippen molar-refractivity contribution in [2.75, 3.05) is 16.9 Å². The molecule has 10 heteroatoms. The van der Waals surface area contributed by atoms with Gasteiger partial charge in [0.1, 0.15) is 5.69 Å². The lowest BCUT2D eigenvalue weighted by Crippen LogP contribution is -2.16. The van der Waals surface area contributed by atoms with Crippen molar-refractivity contribution >= 4 is 35.0 Å². The summed E-state index contributed by atoms with van der Waals surface area (Å²) < 4.78 is 1.38. The van der Waals surface area contributed by atoms with E-state index in [4.69, 9.17) is 17.4 Å². The van der Waals surface area contributed by atoms with E-state index in [0.29, 0.717) is 21.7 Å². The number of H-pyrrole nitrogens is 1. The molecule has 140 valence electrons. The molecule has 2 heterocycles. The highest BCUT2D eigenvalue weighted by Gasteiger charge is 2.24. The van der Waals surface area contributed by atoms with Crippen LogP contribution in [-0.4, -0.2) is 36.7 Å². The number of carbonyl (C=O) groups excluding carboxylic acids is 1. The van der Waals surface area contributed by atoms with E-state index in [9.17, 15) is 4.79 Å². The number of nitrogens with one attached hydrogen (secondary N) is 2. The molecule has 0 aliphatic heterocycles. The van der Waals surface area contributed by atoms with Crippen molar-refractivity contribution in [1.29, 1.82) is 0 Å². The molecule has 0 saturated heterocycles. The Kier molecular flexibility index (Phi) is 4.79. The summed E-state index contributed by atoms with van der Waals surface area (Å²) in [5.41, 5.74) is 4.64. The quantitative estimate of drug-likeness (QED) is 0.445. The summed E-state index contributed by atoms with van der Waals surface area (Å²) in [7, 11) is 0. The summed E-state index contributed by atoms with van der Waals surface area (Å²) >= 11 is 7.29. The molecule has 0 saturated carbocycles. The van der Waals surface area contributed by atoms with E-state index in [1.807, 2.05) is 19.1 Å². The molecule has 1 aliphatic carbocycles. The first-order valence-electron chi connectivity index (χ1n) is 8.48. The molecule has 4 N–H and O–H groups in total. The maximum atomic E-state index is 12.2. The van der Waals surface area contributed by atoms with Crippen molar-refractivity contribution in [3.05, 3.63) is 40.0 Å². The zero-order valence-corrected chi connectivity index (χ0v) is 16.2. The molecule has 3 aromatic rings. The average molecular weight is 404 g/mol. The van der Waals surface area contributed by atoms with E-state index < -0.39 is 0 Å². The summed E-state index contributed by atoms with van der Waals surface area (Å²) in [5.74, 6) is 6.61. The molecule has 0 unspecified atom stereocenters. The fourth-order valence-electron chi connectivity index (χ4n) is 3.04. The van der Waals surface area contributed by atoms with Crippen LogP contribution in [0.1, 0.15) is 23.2 Å². The number of amides is 1. The van der Waals surface area contributed by atoms with Crippen LogP contribution in [0, 0.1) is 6.92 Å². The minimum atomic E-state index is -0.176. The Bertz CT molecular complexity index is 1010. The SMILES string of the molecule is Cc1ccc(NC(=O)CSc2nnc(-c3n[nH]c4c3CCC4)n2N)cc1Cl. The number of anilines is 1. The van der Waals surface area contributed by atoms with Crippen molar-refractivity contribution in [1.82, 2.24) is 25.1 Å². The first-order valence-corrected chi connectivity index (χ1v) is 9.85. The van der Waals surface area contributed by atoms with Crippen molar-refractivity contribution < 1.29 is 4.79 Å². The van der Waals surface area contributed by atoms with Gasteiger partial charge in [0.25, 0.3) is 0 Å². The Hall–Kier alpha value is -2.52. The normalized spacial score (nSPS) is 13.0. The maximum Gasteiger partial charge on any atom is 0.234 e. The van der Waals surface area contributed by atoms with Gasteiger partial charge in [-0.15, -0.1) is 10.2 Å². The van der Waals surface area contributed by atoms with Crippen LogP contribution in [0.2, 0.25) is 5.02 Å². The van der Waals surface area contributed by atoms with Gasteiger partial charge < -0.3 is 11.2 Å². The topological polar surface area (TPSA) is 115 Å². The highest BCUT2D eigenvalue weighted by molar-refractivity contribution is 7.99. The van der Waals surface area contributed by atoms with Gasteiger partial charge in [-0.05, 0) is 43.9 Å². The standard InChI is InChI=1S/C17H18ClN7OS/c1-9-5-6-10(7-12(9)18)20-14(26)8-27-17-24-23-16(25(17)19)15-11-3-2-4-13(11)21-22-15/h5-7H,2-4,8,19H2,1H3,(H,20,26)(H,21,22). The molecule has 1 amide bonds. The zero-order valence-electron chi connectivity index (χ0n) is 14.6. The third kappa shape index (κ3) is 3.52. The number of hydrogen-bond donors (Lipinski definition) is 3. The van der Waals surface area contributed by atoms with Crippen LogP contribution in [0.25, 0.3) is 11.5 Å². The Labute approximate surface area is 164 Å². The number of aromatic amines is 1. The average Bonchev–Trinajstić information content (AvgIpc) is 3.33. The van der Waals surface area contributed by atoms with E-state index in [1.165, 1.54) is 16.4 Å². The lowest BCUT2D eigenvalue weighted by atomic mass is 10.2. The number of nitrogen functional groups attached to an aromatic ring is 1. The molecule has 2 aromatic heterocycles. The molecule has 1 aliphatic rings. The van der Waals surface area contributed by atoms with Gasteiger partial charge in [0.15, 0.2) is 0 Å².